The molecule has 3 rings (SSSR count). The van der Waals surface area contributed by atoms with Gasteiger partial charge in [0, 0.05) is 17.8 Å². The van der Waals surface area contributed by atoms with Gasteiger partial charge in [0.05, 0.1) is 10.5 Å². The average molecular weight is 382 g/mol. The highest BCUT2D eigenvalue weighted by Gasteiger charge is 2.13. The molecular weight excluding hydrogens is 368 g/mol. The van der Waals surface area contributed by atoms with Gasteiger partial charge in [-0.05, 0) is 47.3 Å². The number of hydrogen-bond acceptors (Lipinski definition) is 5. The number of nitro benzene ring substituents is 1. The van der Waals surface area contributed by atoms with Crippen molar-refractivity contribution >= 4 is 45.4 Å². The van der Waals surface area contributed by atoms with E-state index in [1.807, 2.05) is 24.3 Å². The molecule has 136 valence electrons. The van der Waals surface area contributed by atoms with Gasteiger partial charge in [0.15, 0.2) is 5.11 Å². The SMILES string of the molecule is O=C(NNC(=S)Nc1ccc([N+](=O)[O-])cc1)c1cc2ccccc2cc1O. The first kappa shape index (κ1) is 18.1. The zero-order valence-electron chi connectivity index (χ0n) is 13.8. The highest BCUT2D eigenvalue weighted by Crippen LogP contribution is 2.24. The molecule has 8 nitrogen and oxygen atoms in total. The van der Waals surface area contributed by atoms with E-state index in [1.54, 1.807) is 6.07 Å². The van der Waals surface area contributed by atoms with Crippen LogP contribution in [-0.2, 0) is 0 Å². The predicted molar refractivity (Wildman–Crippen MR) is 106 cm³/mol. The highest BCUT2D eigenvalue weighted by atomic mass is 32.1. The van der Waals surface area contributed by atoms with E-state index in [2.05, 4.69) is 16.2 Å². The van der Waals surface area contributed by atoms with Crippen LogP contribution >= 0.6 is 12.2 Å². The zero-order valence-corrected chi connectivity index (χ0v) is 14.6. The van der Waals surface area contributed by atoms with E-state index >= 15 is 0 Å². The molecule has 0 aliphatic carbocycles. The number of benzene rings is 3. The van der Waals surface area contributed by atoms with Gasteiger partial charge >= 0.3 is 0 Å². The second kappa shape index (κ2) is 7.67. The minimum Gasteiger partial charge on any atom is -0.507 e. The van der Waals surface area contributed by atoms with E-state index in [9.17, 15) is 20.0 Å². The number of nitro groups is 1. The number of non-ortho nitro benzene ring substituents is 1. The minimum atomic E-state index is -0.564. The van der Waals surface area contributed by atoms with Crippen molar-refractivity contribution in [2.75, 3.05) is 5.32 Å². The summed E-state index contributed by atoms with van der Waals surface area (Å²) in [5.74, 6) is -0.714. The fraction of sp³-hybridized carbons (Fsp3) is 0. The molecule has 0 radical (unpaired) electrons. The molecule has 0 atom stereocenters. The number of phenolic OH excluding ortho intramolecular Hbond substituents is 1. The topological polar surface area (TPSA) is 117 Å². The normalized spacial score (nSPS) is 10.2. The van der Waals surface area contributed by atoms with Crippen LogP contribution in [0.4, 0.5) is 11.4 Å². The van der Waals surface area contributed by atoms with Crippen molar-refractivity contribution in [2.45, 2.75) is 0 Å². The van der Waals surface area contributed by atoms with Crippen LogP contribution in [0.2, 0.25) is 0 Å². The van der Waals surface area contributed by atoms with Crippen molar-refractivity contribution in [2.24, 2.45) is 0 Å². The Morgan fingerprint density at radius 2 is 1.63 bits per heavy atom. The zero-order chi connectivity index (χ0) is 19.4. The van der Waals surface area contributed by atoms with Gasteiger partial charge < -0.3 is 10.4 Å². The molecule has 0 aromatic heterocycles. The van der Waals surface area contributed by atoms with Gasteiger partial charge in [-0.3, -0.25) is 25.8 Å². The van der Waals surface area contributed by atoms with Crippen molar-refractivity contribution in [3.8, 4) is 5.75 Å². The molecule has 0 saturated heterocycles. The molecule has 3 aromatic rings. The van der Waals surface area contributed by atoms with Crippen LogP contribution in [0.25, 0.3) is 10.8 Å². The third kappa shape index (κ3) is 4.28. The van der Waals surface area contributed by atoms with E-state index in [4.69, 9.17) is 12.2 Å². The number of nitrogens with one attached hydrogen (secondary N) is 3. The van der Waals surface area contributed by atoms with Crippen molar-refractivity contribution in [3.63, 3.8) is 0 Å². The number of carbonyl (C=O) groups excluding carboxylic acids is 1. The molecule has 3 aromatic carbocycles. The summed E-state index contributed by atoms with van der Waals surface area (Å²) in [5.41, 5.74) is 5.48. The van der Waals surface area contributed by atoms with Gasteiger partial charge in [-0.25, -0.2) is 0 Å². The first-order valence-electron chi connectivity index (χ1n) is 7.77. The van der Waals surface area contributed by atoms with Crippen LogP contribution in [0.15, 0.2) is 60.7 Å². The first-order chi connectivity index (χ1) is 12.9. The van der Waals surface area contributed by atoms with E-state index in [0.717, 1.165) is 10.8 Å². The maximum atomic E-state index is 12.3. The molecule has 0 fully saturated rings. The lowest BCUT2D eigenvalue weighted by atomic mass is 10.1. The molecular formula is C18H14N4O4S. The smallest absolute Gasteiger partial charge is 0.273 e. The van der Waals surface area contributed by atoms with Crippen LogP contribution in [-0.4, -0.2) is 21.0 Å². The average Bonchev–Trinajstić information content (AvgIpc) is 2.66. The largest absolute Gasteiger partial charge is 0.507 e. The number of rotatable bonds is 3. The van der Waals surface area contributed by atoms with E-state index in [1.165, 1.54) is 30.3 Å². The molecule has 4 N–H and O–H groups in total. The molecule has 0 aliphatic heterocycles. The fourth-order valence-corrected chi connectivity index (χ4v) is 2.59. The maximum Gasteiger partial charge on any atom is 0.273 e. The number of amides is 1. The Balaban J connectivity index is 1.62. The van der Waals surface area contributed by atoms with Crippen molar-refractivity contribution in [3.05, 3.63) is 76.3 Å². The third-order valence-electron chi connectivity index (χ3n) is 3.73. The van der Waals surface area contributed by atoms with Gasteiger partial charge in [0.25, 0.3) is 11.6 Å². The number of thiocarbonyl (C=S) groups is 1. The monoisotopic (exact) mass is 382 g/mol. The van der Waals surface area contributed by atoms with Gasteiger partial charge in [-0.1, -0.05) is 24.3 Å². The number of hydrazine groups is 1. The van der Waals surface area contributed by atoms with Crippen LogP contribution in [0.5, 0.6) is 5.75 Å². The molecule has 0 heterocycles. The quantitative estimate of drug-likeness (QED) is 0.312. The number of anilines is 1. The molecule has 0 bridgehead atoms. The molecule has 0 saturated carbocycles. The lowest BCUT2D eigenvalue weighted by molar-refractivity contribution is -0.384. The molecule has 0 spiro atoms. The Morgan fingerprint density at radius 3 is 2.26 bits per heavy atom. The maximum absolute atomic E-state index is 12.3. The summed E-state index contributed by atoms with van der Waals surface area (Å²) in [5, 5.41) is 25.2. The Morgan fingerprint density at radius 1 is 1.00 bits per heavy atom. The predicted octanol–water partition coefficient (Wildman–Crippen LogP) is 3.09. The van der Waals surface area contributed by atoms with Gasteiger partial charge in [-0.15, -0.1) is 0 Å². The Bertz CT molecular complexity index is 1040. The minimum absolute atomic E-state index is 0.0421. The summed E-state index contributed by atoms with van der Waals surface area (Å²) in [4.78, 5) is 22.4. The summed E-state index contributed by atoms with van der Waals surface area (Å²) in [6, 6.07) is 16.1. The standard InChI is InChI=1S/C18H14N4O4S/c23-16-10-12-4-2-1-3-11(12)9-15(16)17(24)20-21-18(27)19-13-5-7-14(8-6-13)22(25)26/h1-10,23H,(H,20,24)(H2,19,21,27). The van der Waals surface area contributed by atoms with E-state index in [-0.39, 0.29) is 22.1 Å². The number of nitrogens with zero attached hydrogens (tertiary/aromatic N) is 1. The highest BCUT2D eigenvalue weighted by molar-refractivity contribution is 7.80. The van der Waals surface area contributed by atoms with Crippen molar-refractivity contribution in [1.29, 1.82) is 0 Å². The molecule has 1 amide bonds. The number of fused-ring (bicyclic) bond motifs is 1. The molecule has 0 aliphatic rings. The fourth-order valence-electron chi connectivity index (χ4n) is 2.42. The van der Waals surface area contributed by atoms with Crippen molar-refractivity contribution in [1.82, 2.24) is 10.9 Å². The summed E-state index contributed by atoms with van der Waals surface area (Å²) in [7, 11) is 0. The van der Waals surface area contributed by atoms with E-state index in [0.29, 0.717) is 5.69 Å². The van der Waals surface area contributed by atoms with Crippen LogP contribution < -0.4 is 16.2 Å². The van der Waals surface area contributed by atoms with Crippen molar-refractivity contribution < 1.29 is 14.8 Å². The lowest BCUT2D eigenvalue weighted by Crippen LogP contribution is -2.43. The van der Waals surface area contributed by atoms with Crippen LogP contribution in [0, 0.1) is 10.1 Å². The summed E-state index contributed by atoms with van der Waals surface area (Å²) in [6.45, 7) is 0. The second-order valence-electron chi connectivity index (χ2n) is 5.55. The number of phenols is 1. The summed E-state index contributed by atoms with van der Waals surface area (Å²) < 4.78 is 0. The Kier molecular flexibility index (Phi) is 5.13. The lowest BCUT2D eigenvalue weighted by Gasteiger charge is -2.12. The van der Waals surface area contributed by atoms with Gasteiger partial charge in [-0.2, -0.15) is 0 Å². The summed E-state index contributed by atoms with van der Waals surface area (Å²) >= 11 is 5.07. The molecule has 9 heteroatoms. The van der Waals surface area contributed by atoms with E-state index < -0.39 is 10.8 Å². The number of carbonyl (C=O) groups is 1. The number of aromatic hydroxyl groups is 1. The second-order valence-corrected chi connectivity index (χ2v) is 5.96. The third-order valence-corrected chi connectivity index (χ3v) is 3.94. The summed E-state index contributed by atoms with van der Waals surface area (Å²) in [6.07, 6.45) is 0. The van der Waals surface area contributed by atoms with Gasteiger partial charge in [0.1, 0.15) is 5.75 Å². The van der Waals surface area contributed by atoms with Crippen LogP contribution in [0.3, 0.4) is 0 Å². The Labute approximate surface area is 158 Å². The first-order valence-corrected chi connectivity index (χ1v) is 8.18. The number of hydrogen-bond donors (Lipinski definition) is 4. The molecule has 27 heavy (non-hydrogen) atoms. The molecule has 0 unspecified atom stereocenters. The Hall–Kier alpha value is -3.72. The van der Waals surface area contributed by atoms with Crippen LogP contribution in [0.1, 0.15) is 10.4 Å². The van der Waals surface area contributed by atoms with Gasteiger partial charge in [0.2, 0.25) is 0 Å².